The van der Waals surface area contributed by atoms with Crippen molar-refractivity contribution in [3.05, 3.63) is 78.4 Å². The summed E-state index contributed by atoms with van der Waals surface area (Å²) >= 11 is 12.0. The summed E-state index contributed by atoms with van der Waals surface area (Å²) in [5.74, 6) is -2.41. The van der Waals surface area contributed by atoms with E-state index in [2.05, 4.69) is 0 Å². The van der Waals surface area contributed by atoms with Gasteiger partial charge in [0.2, 0.25) is 0 Å². The van der Waals surface area contributed by atoms with Crippen LogP contribution in [-0.2, 0) is 13.1 Å². The maximum Gasteiger partial charge on any atom is 0.331 e. The Labute approximate surface area is 168 Å². The fourth-order valence-electron chi connectivity index (χ4n) is 2.91. The molecule has 0 aliphatic rings. The lowest BCUT2D eigenvalue weighted by Crippen LogP contribution is -2.43. The van der Waals surface area contributed by atoms with Gasteiger partial charge in [0.25, 0.3) is 5.56 Å². The van der Waals surface area contributed by atoms with Crippen LogP contribution in [0.15, 0.2) is 39.9 Å². The standard InChI is InChI=1S/C19H16Cl2F2N2O3/c1-19(2,28)9-25-16-7-15(23)14(22)6-12(16)17(26)24(18(25)27)8-10-3-4-11(20)5-13(10)21/h3-7,28H,8-9H2,1-2H3. The molecule has 2 aromatic carbocycles. The molecule has 28 heavy (non-hydrogen) atoms. The SMILES string of the molecule is CC(C)(O)Cn1c(=O)n(Cc2ccc(Cl)cc2Cl)c(=O)c2cc(F)c(F)cc21. The molecule has 5 nitrogen and oxygen atoms in total. The van der Waals surface area contributed by atoms with Gasteiger partial charge in [-0.15, -0.1) is 0 Å². The topological polar surface area (TPSA) is 64.2 Å². The molecule has 0 atom stereocenters. The molecule has 1 heterocycles. The molecule has 1 N–H and O–H groups in total. The quantitative estimate of drug-likeness (QED) is 0.690. The van der Waals surface area contributed by atoms with E-state index in [1.54, 1.807) is 12.1 Å². The van der Waals surface area contributed by atoms with Gasteiger partial charge in [0.1, 0.15) is 0 Å². The van der Waals surface area contributed by atoms with Crippen LogP contribution < -0.4 is 11.2 Å². The number of hydrogen-bond donors (Lipinski definition) is 1. The molecule has 1 aromatic heterocycles. The average Bonchev–Trinajstić information content (AvgIpc) is 2.58. The van der Waals surface area contributed by atoms with E-state index in [9.17, 15) is 23.5 Å². The lowest BCUT2D eigenvalue weighted by atomic mass is 10.1. The summed E-state index contributed by atoms with van der Waals surface area (Å²) in [6.45, 7) is 2.48. The third-order valence-corrected chi connectivity index (χ3v) is 4.74. The van der Waals surface area contributed by atoms with Crippen molar-refractivity contribution in [3.63, 3.8) is 0 Å². The minimum Gasteiger partial charge on any atom is -0.389 e. The maximum absolute atomic E-state index is 13.8. The normalized spacial score (nSPS) is 12.0. The van der Waals surface area contributed by atoms with E-state index >= 15 is 0 Å². The molecule has 0 saturated carbocycles. The van der Waals surface area contributed by atoms with Crippen molar-refractivity contribution >= 4 is 34.1 Å². The molecule has 0 amide bonds. The van der Waals surface area contributed by atoms with Crippen LogP contribution in [0, 0.1) is 11.6 Å². The van der Waals surface area contributed by atoms with Crippen LogP contribution in [0.4, 0.5) is 8.78 Å². The van der Waals surface area contributed by atoms with E-state index in [0.717, 1.165) is 21.3 Å². The fraction of sp³-hybridized carbons (Fsp3) is 0.263. The van der Waals surface area contributed by atoms with Gasteiger partial charge in [-0.05, 0) is 37.6 Å². The molecular formula is C19H16Cl2F2N2O3. The number of aliphatic hydroxyl groups is 1. The maximum atomic E-state index is 13.8. The first-order chi connectivity index (χ1) is 13.0. The van der Waals surface area contributed by atoms with Gasteiger partial charge in [-0.2, -0.15) is 0 Å². The zero-order valence-electron chi connectivity index (χ0n) is 15.0. The highest BCUT2D eigenvalue weighted by atomic mass is 35.5. The summed E-state index contributed by atoms with van der Waals surface area (Å²) < 4.78 is 29.4. The molecule has 3 rings (SSSR count). The van der Waals surface area contributed by atoms with Gasteiger partial charge in [-0.1, -0.05) is 29.3 Å². The lowest BCUT2D eigenvalue weighted by molar-refractivity contribution is 0.0610. The van der Waals surface area contributed by atoms with Crippen LogP contribution in [0.1, 0.15) is 19.4 Å². The highest BCUT2D eigenvalue weighted by Crippen LogP contribution is 2.22. The first-order valence-corrected chi connectivity index (χ1v) is 9.02. The van der Waals surface area contributed by atoms with Crippen molar-refractivity contribution in [2.45, 2.75) is 32.5 Å². The molecule has 3 aromatic rings. The van der Waals surface area contributed by atoms with Gasteiger partial charge >= 0.3 is 5.69 Å². The summed E-state index contributed by atoms with van der Waals surface area (Å²) in [4.78, 5) is 25.8. The molecule has 148 valence electrons. The smallest absolute Gasteiger partial charge is 0.331 e. The van der Waals surface area contributed by atoms with Crippen LogP contribution in [0.3, 0.4) is 0 Å². The molecule has 0 bridgehead atoms. The monoisotopic (exact) mass is 428 g/mol. The van der Waals surface area contributed by atoms with Crippen molar-refractivity contribution in [1.82, 2.24) is 9.13 Å². The van der Waals surface area contributed by atoms with Crippen LogP contribution in [0.2, 0.25) is 10.0 Å². The first kappa shape index (κ1) is 20.5. The number of benzene rings is 2. The molecule has 0 fully saturated rings. The molecule has 0 radical (unpaired) electrons. The number of aromatic nitrogens is 2. The molecule has 0 saturated heterocycles. The van der Waals surface area contributed by atoms with Gasteiger partial charge in [0.15, 0.2) is 11.6 Å². The average molecular weight is 429 g/mol. The van der Waals surface area contributed by atoms with E-state index in [4.69, 9.17) is 23.2 Å². The van der Waals surface area contributed by atoms with Crippen molar-refractivity contribution in [2.24, 2.45) is 0 Å². The second kappa shape index (κ2) is 7.31. The summed E-state index contributed by atoms with van der Waals surface area (Å²) in [6.07, 6.45) is 0. The van der Waals surface area contributed by atoms with E-state index < -0.39 is 28.5 Å². The van der Waals surface area contributed by atoms with E-state index in [-0.39, 0.29) is 29.0 Å². The second-order valence-corrected chi connectivity index (χ2v) is 7.94. The minimum absolute atomic E-state index is 0.102. The van der Waals surface area contributed by atoms with Gasteiger partial charge < -0.3 is 5.11 Å². The van der Waals surface area contributed by atoms with Crippen LogP contribution >= 0.6 is 23.2 Å². The zero-order valence-corrected chi connectivity index (χ0v) is 16.5. The number of halogens is 4. The Hall–Kier alpha value is -2.22. The van der Waals surface area contributed by atoms with Gasteiger partial charge in [0.05, 0.1) is 29.6 Å². The Morgan fingerprint density at radius 3 is 2.29 bits per heavy atom. The first-order valence-electron chi connectivity index (χ1n) is 8.26. The largest absolute Gasteiger partial charge is 0.389 e. The van der Waals surface area contributed by atoms with Crippen LogP contribution in [0.5, 0.6) is 0 Å². The highest BCUT2D eigenvalue weighted by molar-refractivity contribution is 6.35. The second-order valence-electron chi connectivity index (χ2n) is 7.09. The molecule has 0 aliphatic carbocycles. The third-order valence-electron chi connectivity index (χ3n) is 4.16. The minimum atomic E-state index is -1.35. The van der Waals surface area contributed by atoms with Crippen LogP contribution in [-0.4, -0.2) is 19.8 Å². The predicted octanol–water partition coefficient (Wildman–Crippen LogP) is 3.57. The molecule has 0 unspecified atom stereocenters. The number of rotatable bonds is 4. The van der Waals surface area contributed by atoms with Gasteiger partial charge in [0, 0.05) is 16.1 Å². The van der Waals surface area contributed by atoms with Crippen molar-refractivity contribution in [3.8, 4) is 0 Å². The Balaban J connectivity index is 2.32. The Bertz CT molecular complexity index is 1200. The third kappa shape index (κ3) is 3.97. The van der Waals surface area contributed by atoms with Crippen LogP contribution in [0.25, 0.3) is 10.9 Å². The fourth-order valence-corrected chi connectivity index (χ4v) is 3.38. The summed E-state index contributed by atoms with van der Waals surface area (Å²) in [5, 5.41) is 10.6. The summed E-state index contributed by atoms with van der Waals surface area (Å²) in [7, 11) is 0. The van der Waals surface area contributed by atoms with Crippen molar-refractivity contribution in [1.29, 1.82) is 0 Å². The Morgan fingerprint density at radius 2 is 1.68 bits per heavy atom. The number of fused-ring (bicyclic) bond motifs is 1. The molecule has 9 heteroatoms. The van der Waals surface area contributed by atoms with E-state index in [0.29, 0.717) is 10.6 Å². The van der Waals surface area contributed by atoms with Crippen molar-refractivity contribution in [2.75, 3.05) is 0 Å². The van der Waals surface area contributed by atoms with E-state index in [1.807, 2.05) is 0 Å². The number of nitrogens with zero attached hydrogens (tertiary/aromatic N) is 2. The summed E-state index contributed by atoms with van der Waals surface area (Å²) in [6, 6.07) is 6.10. The predicted molar refractivity (Wildman–Crippen MR) is 104 cm³/mol. The highest BCUT2D eigenvalue weighted by Gasteiger charge is 2.22. The molecule has 0 aliphatic heterocycles. The summed E-state index contributed by atoms with van der Waals surface area (Å²) in [5.41, 5.74) is -2.58. The number of hydrogen-bond acceptors (Lipinski definition) is 3. The molecule has 0 spiro atoms. The van der Waals surface area contributed by atoms with E-state index in [1.165, 1.54) is 19.9 Å². The molecular weight excluding hydrogens is 413 g/mol. The lowest BCUT2D eigenvalue weighted by Gasteiger charge is -2.21. The Kier molecular flexibility index (Phi) is 5.36. The zero-order chi connectivity index (χ0) is 20.8. The van der Waals surface area contributed by atoms with Crippen molar-refractivity contribution < 1.29 is 13.9 Å². The van der Waals surface area contributed by atoms with Gasteiger partial charge in [-0.3, -0.25) is 13.9 Å². The Morgan fingerprint density at radius 1 is 1.04 bits per heavy atom. The van der Waals surface area contributed by atoms with Gasteiger partial charge in [-0.25, -0.2) is 13.6 Å².